The lowest BCUT2D eigenvalue weighted by Crippen LogP contribution is -2.34. The highest BCUT2D eigenvalue weighted by Crippen LogP contribution is 2.47. The van der Waals surface area contributed by atoms with Crippen molar-refractivity contribution in [3.8, 4) is 17.2 Å². The maximum atomic E-state index is 12.5. The molecule has 8 heteroatoms. The molecule has 2 aromatic carbocycles. The highest BCUT2D eigenvalue weighted by Gasteiger charge is 2.48. The van der Waals surface area contributed by atoms with Gasteiger partial charge in [-0.3, -0.25) is 14.5 Å². The maximum Gasteiger partial charge on any atom is 0.309 e. The second-order valence-electron chi connectivity index (χ2n) is 7.91. The zero-order valence-corrected chi connectivity index (χ0v) is 18.2. The molecule has 1 fully saturated rings. The normalized spacial score (nSPS) is 22.1. The summed E-state index contributed by atoms with van der Waals surface area (Å²) in [4.78, 5) is 27.0. The zero-order valence-electron chi connectivity index (χ0n) is 18.2. The first-order chi connectivity index (χ1) is 15.5. The monoisotopic (exact) mass is 441 g/mol. The van der Waals surface area contributed by atoms with Gasteiger partial charge < -0.3 is 24.1 Å². The number of carbonyl (C=O) groups is 2. The number of Topliss-reactive ketones (excluding diaryl/α,β-unsaturated/α-hetero) is 1. The van der Waals surface area contributed by atoms with Gasteiger partial charge in [0.2, 0.25) is 6.79 Å². The molecule has 8 nitrogen and oxygen atoms in total. The molecule has 32 heavy (non-hydrogen) atoms. The molecule has 2 aliphatic rings. The molecular formula is C24H27NO7. The summed E-state index contributed by atoms with van der Waals surface area (Å²) in [6.45, 7) is 2.98. The van der Waals surface area contributed by atoms with Crippen LogP contribution in [0.25, 0.3) is 0 Å². The predicted octanol–water partition coefficient (Wildman–Crippen LogP) is 2.87. The molecule has 0 aromatic heterocycles. The number of hydrogen-bond acceptors (Lipinski definition) is 7. The Hall–Kier alpha value is -3.10. The summed E-state index contributed by atoms with van der Waals surface area (Å²) in [7, 11) is 1.58. The van der Waals surface area contributed by atoms with Crippen LogP contribution in [-0.2, 0) is 14.3 Å². The summed E-state index contributed by atoms with van der Waals surface area (Å²) < 4.78 is 21.4. The molecule has 0 bridgehead atoms. The van der Waals surface area contributed by atoms with Crippen LogP contribution < -0.4 is 14.2 Å². The average molecular weight is 441 g/mol. The van der Waals surface area contributed by atoms with Crippen LogP contribution in [0.4, 0.5) is 0 Å². The van der Waals surface area contributed by atoms with Crippen molar-refractivity contribution in [2.45, 2.75) is 18.9 Å². The lowest BCUT2D eigenvalue weighted by atomic mass is 9.82. The van der Waals surface area contributed by atoms with E-state index in [1.807, 2.05) is 54.3 Å². The Morgan fingerprint density at radius 1 is 1.09 bits per heavy atom. The van der Waals surface area contributed by atoms with Gasteiger partial charge in [0.05, 0.1) is 19.6 Å². The van der Waals surface area contributed by atoms with Crippen LogP contribution in [0.1, 0.15) is 30.0 Å². The van der Waals surface area contributed by atoms with Gasteiger partial charge in [0.25, 0.3) is 0 Å². The number of ketones is 1. The molecule has 170 valence electrons. The molecule has 0 radical (unpaired) electrons. The summed E-state index contributed by atoms with van der Waals surface area (Å²) in [6, 6.07) is 12.4. The largest absolute Gasteiger partial charge is 0.497 e. The zero-order chi connectivity index (χ0) is 22.7. The molecule has 3 atom stereocenters. The van der Waals surface area contributed by atoms with Crippen LogP contribution in [0, 0.1) is 5.92 Å². The number of carbonyl (C=O) groups excluding carboxylic acids is 1. The van der Waals surface area contributed by atoms with Gasteiger partial charge in [-0.25, -0.2) is 0 Å². The van der Waals surface area contributed by atoms with Crippen LogP contribution in [-0.4, -0.2) is 62.0 Å². The second kappa shape index (κ2) is 9.58. The van der Waals surface area contributed by atoms with Gasteiger partial charge in [0.15, 0.2) is 17.3 Å². The van der Waals surface area contributed by atoms with Crippen molar-refractivity contribution >= 4 is 11.8 Å². The van der Waals surface area contributed by atoms with E-state index in [0.717, 1.165) is 11.1 Å². The fourth-order valence-corrected chi connectivity index (χ4v) is 4.56. The molecule has 0 amide bonds. The number of ether oxygens (including phenoxy) is 4. The molecule has 2 aromatic rings. The summed E-state index contributed by atoms with van der Waals surface area (Å²) >= 11 is 0. The van der Waals surface area contributed by atoms with E-state index in [0.29, 0.717) is 30.4 Å². The quantitative estimate of drug-likeness (QED) is 0.635. The van der Waals surface area contributed by atoms with E-state index in [1.54, 1.807) is 7.11 Å². The predicted molar refractivity (Wildman–Crippen MR) is 115 cm³/mol. The number of nitrogens with zero attached hydrogens (tertiary/aromatic N) is 1. The molecule has 2 heterocycles. The third kappa shape index (κ3) is 4.42. The van der Waals surface area contributed by atoms with E-state index in [1.165, 1.54) is 0 Å². The number of benzene rings is 2. The fourth-order valence-electron chi connectivity index (χ4n) is 4.56. The van der Waals surface area contributed by atoms with Gasteiger partial charge in [-0.1, -0.05) is 18.2 Å². The van der Waals surface area contributed by atoms with E-state index in [-0.39, 0.29) is 31.6 Å². The Morgan fingerprint density at radius 2 is 1.81 bits per heavy atom. The van der Waals surface area contributed by atoms with Gasteiger partial charge in [0, 0.05) is 25.1 Å². The first-order valence-electron chi connectivity index (χ1n) is 10.6. The second-order valence-corrected chi connectivity index (χ2v) is 7.91. The molecular weight excluding hydrogens is 414 g/mol. The Balaban J connectivity index is 1.69. The number of hydrogen-bond donors (Lipinski definition) is 1. The third-order valence-corrected chi connectivity index (χ3v) is 6.01. The van der Waals surface area contributed by atoms with Gasteiger partial charge in [-0.2, -0.15) is 0 Å². The molecule has 1 N–H and O–H groups in total. The Labute approximate surface area is 186 Å². The van der Waals surface area contributed by atoms with Crippen LogP contribution in [0.2, 0.25) is 0 Å². The van der Waals surface area contributed by atoms with E-state index < -0.39 is 17.9 Å². The van der Waals surface area contributed by atoms with Crippen molar-refractivity contribution in [2.75, 3.05) is 40.2 Å². The van der Waals surface area contributed by atoms with Gasteiger partial charge >= 0.3 is 5.97 Å². The minimum absolute atomic E-state index is 0.00869. The lowest BCUT2D eigenvalue weighted by Gasteiger charge is -2.27. The smallest absolute Gasteiger partial charge is 0.309 e. The van der Waals surface area contributed by atoms with Crippen molar-refractivity contribution in [3.63, 3.8) is 0 Å². The Morgan fingerprint density at radius 3 is 2.50 bits per heavy atom. The number of methoxy groups -OCH3 is 1. The van der Waals surface area contributed by atoms with Crippen LogP contribution in [0.5, 0.6) is 17.2 Å². The van der Waals surface area contributed by atoms with Crippen molar-refractivity contribution in [1.29, 1.82) is 0 Å². The molecule has 4 rings (SSSR count). The standard InChI is InChI=1S/C24H27NO7/c1-3-30-13-17(26)11-25-12-19(16-6-9-20-21(10-16)32-14-31-20)22(24(27)28)23(25)15-4-7-18(29-2)8-5-15/h4-10,19,22-23H,3,11-14H2,1-2H3,(H,27,28)/t19-,22+,23-/m1/s1. The Bertz CT molecular complexity index is 975. The highest BCUT2D eigenvalue weighted by molar-refractivity contribution is 5.82. The number of fused-ring (bicyclic) bond motifs is 1. The minimum atomic E-state index is -0.909. The maximum absolute atomic E-state index is 12.5. The summed E-state index contributed by atoms with van der Waals surface area (Å²) in [6.07, 6.45) is 0. The molecule has 1 saturated heterocycles. The first-order valence-corrected chi connectivity index (χ1v) is 10.6. The van der Waals surface area contributed by atoms with Crippen molar-refractivity contribution < 1.29 is 33.6 Å². The number of carboxylic acids is 1. The molecule has 2 aliphatic heterocycles. The number of rotatable bonds is 9. The summed E-state index contributed by atoms with van der Waals surface area (Å²) in [5, 5.41) is 10.2. The minimum Gasteiger partial charge on any atom is -0.497 e. The fraction of sp³-hybridized carbons (Fsp3) is 0.417. The van der Waals surface area contributed by atoms with E-state index in [9.17, 15) is 14.7 Å². The lowest BCUT2D eigenvalue weighted by molar-refractivity contribution is -0.143. The SMILES string of the molecule is CCOCC(=O)CN1C[C@H](c2ccc3c(c2)OCO3)[C@H](C(=O)O)[C@H]1c1ccc(OC)cc1. The van der Waals surface area contributed by atoms with Crippen molar-refractivity contribution in [3.05, 3.63) is 53.6 Å². The first kappa shape index (κ1) is 22.1. The van der Waals surface area contributed by atoms with E-state index in [2.05, 4.69) is 0 Å². The van der Waals surface area contributed by atoms with Crippen LogP contribution >= 0.6 is 0 Å². The molecule has 0 unspecified atom stereocenters. The van der Waals surface area contributed by atoms with Gasteiger partial charge in [-0.05, 0) is 42.3 Å². The number of likely N-dealkylation sites (tertiary alicyclic amines) is 1. The van der Waals surface area contributed by atoms with E-state index >= 15 is 0 Å². The summed E-state index contributed by atoms with van der Waals surface area (Å²) in [5.74, 6) is -0.121. The Kier molecular flexibility index (Phi) is 6.62. The third-order valence-electron chi connectivity index (χ3n) is 6.01. The average Bonchev–Trinajstić information content (AvgIpc) is 3.42. The topological polar surface area (TPSA) is 94.5 Å². The van der Waals surface area contributed by atoms with Crippen molar-refractivity contribution in [1.82, 2.24) is 4.90 Å². The summed E-state index contributed by atoms with van der Waals surface area (Å²) in [5.41, 5.74) is 1.67. The number of aliphatic carboxylic acids is 1. The molecule has 0 aliphatic carbocycles. The van der Waals surface area contributed by atoms with Gasteiger partial charge in [0.1, 0.15) is 12.4 Å². The highest BCUT2D eigenvalue weighted by atomic mass is 16.7. The molecule has 0 spiro atoms. The molecule has 0 saturated carbocycles. The number of carboxylic acid groups (broad SMARTS) is 1. The van der Waals surface area contributed by atoms with E-state index in [4.69, 9.17) is 18.9 Å². The van der Waals surface area contributed by atoms with Gasteiger partial charge in [-0.15, -0.1) is 0 Å². The van der Waals surface area contributed by atoms with Crippen molar-refractivity contribution in [2.24, 2.45) is 5.92 Å². The van der Waals surface area contributed by atoms with Crippen LogP contribution in [0.3, 0.4) is 0 Å². The van der Waals surface area contributed by atoms with Crippen LogP contribution in [0.15, 0.2) is 42.5 Å².